The number of carbonyl (C=O) groups excluding carboxylic acids is 2. The molecule has 0 saturated carbocycles. The fourth-order valence-corrected chi connectivity index (χ4v) is 8.43. The van der Waals surface area contributed by atoms with Crippen molar-refractivity contribution in [2.24, 2.45) is 0 Å². The van der Waals surface area contributed by atoms with E-state index < -0.39 is 18.2 Å². The number of esters is 1. The molecule has 1 amide bonds. The molecule has 0 spiro atoms. The molecule has 0 radical (unpaired) electrons. The van der Waals surface area contributed by atoms with E-state index in [1.165, 1.54) is 154 Å². The van der Waals surface area contributed by atoms with Gasteiger partial charge in [0.25, 0.3) is 0 Å². The van der Waals surface area contributed by atoms with Gasteiger partial charge in [0.05, 0.1) is 25.2 Å². The maximum absolute atomic E-state index is 13.2. The van der Waals surface area contributed by atoms with Crippen molar-refractivity contribution < 1.29 is 24.5 Å². The van der Waals surface area contributed by atoms with Crippen molar-refractivity contribution in [3.05, 3.63) is 48.6 Å². The third kappa shape index (κ3) is 46.4. The van der Waals surface area contributed by atoms with Gasteiger partial charge in [0.2, 0.25) is 5.91 Å². The minimum absolute atomic E-state index is 0.0597. The van der Waals surface area contributed by atoms with Crippen molar-refractivity contribution in [2.45, 2.75) is 302 Å². The third-order valence-corrected chi connectivity index (χ3v) is 12.7. The van der Waals surface area contributed by atoms with Crippen LogP contribution in [0.2, 0.25) is 0 Å². The first-order valence-corrected chi connectivity index (χ1v) is 27.9. The molecular formula is C58H107NO5. The summed E-state index contributed by atoms with van der Waals surface area (Å²) < 4.78 is 5.94. The minimum atomic E-state index is -0.795. The van der Waals surface area contributed by atoms with E-state index in [-0.39, 0.29) is 24.9 Å². The number of nitrogens with one attached hydrogen (secondary N) is 1. The van der Waals surface area contributed by atoms with Crippen LogP contribution in [0.25, 0.3) is 0 Å². The Balaban J connectivity index is 4.62. The summed E-state index contributed by atoms with van der Waals surface area (Å²) >= 11 is 0. The van der Waals surface area contributed by atoms with Gasteiger partial charge in [-0.1, -0.05) is 243 Å². The Morgan fingerprint density at radius 1 is 0.453 bits per heavy atom. The first kappa shape index (κ1) is 61.8. The van der Waals surface area contributed by atoms with Gasteiger partial charge < -0.3 is 20.3 Å². The van der Waals surface area contributed by atoms with Gasteiger partial charge in [0.15, 0.2) is 0 Å². The van der Waals surface area contributed by atoms with E-state index in [9.17, 15) is 19.8 Å². The Morgan fingerprint density at radius 2 is 0.812 bits per heavy atom. The monoisotopic (exact) mass is 898 g/mol. The fourth-order valence-electron chi connectivity index (χ4n) is 8.43. The summed E-state index contributed by atoms with van der Waals surface area (Å²) in [4.78, 5) is 26.2. The molecule has 0 aliphatic heterocycles. The average molecular weight is 898 g/mol. The van der Waals surface area contributed by atoms with Gasteiger partial charge >= 0.3 is 5.97 Å². The summed E-state index contributed by atoms with van der Waals surface area (Å²) in [6.45, 7) is 6.47. The third-order valence-electron chi connectivity index (χ3n) is 12.7. The van der Waals surface area contributed by atoms with Crippen molar-refractivity contribution in [3.63, 3.8) is 0 Å². The SMILES string of the molecule is CCCCCCC/C=C/C=C/C=C/CCCCCCCC(=O)OC(CCCCC/C=C/CCCCCCCCCCC)CC(=O)NC(CO)C(O)CCCCCCCCCCCCC. The Hall–Kier alpha value is -2.18. The van der Waals surface area contributed by atoms with Crippen LogP contribution in [-0.4, -0.2) is 46.9 Å². The quantitative estimate of drug-likeness (QED) is 0.0245. The summed E-state index contributed by atoms with van der Waals surface area (Å²) in [6.07, 6.45) is 63.1. The Bertz CT molecular complexity index is 1100. The largest absolute Gasteiger partial charge is 0.462 e. The number of ether oxygens (including phenoxy) is 1. The standard InChI is InChI=1S/C58H107NO5/c1-4-7-10-13-16-19-22-24-26-28-29-31-33-36-39-42-45-48-51-58(63)64-54(49-46-43-40-37-35-32-30-27-25-23-20-17-14-11-8-5-2)52-57(62)59-55(53-60)56(61)50-47-44-41-38-34-21-18-15-12-9-6-3/h22,24,26,28-29,31-32,35,54-56,60-61H,4-21,23,25,27,30,33-34,36-53H2,1-3H3,(H,59,62)/b24-22+,28-26+,31-29+,35-32+. The van der Waals surface area contributed by atoms with Crippen molar-refractivity contribution in [2.75, 3.05) is 6.61 Å². The molecule has 3 unspecified atom stereocenters. The van der Waals surface area contributed by atoms with E-state index in [0.29, 0.717) is 19.3 Å². The average Bonchev–Trinajstić information content (AvgIpc) is 3.29. The second-order valence-corrected chi connectivity index (χ2v) is 19.0. The highest BCUT2D eigenvalue weighted by atomic mass is 16.5. The molecule has 0 aromatic rings. The van der Waals surface area contributed by atoms with Gasteiger partial charge in [-0.15, -0.1) is 0 Å². The normalized spacial score (nSPS) is 13.5. The zero-order valence-electron chi connectivity index (χ0n) is 42.7. The second kappa shape index (κ2) is 51.8. The number of rotatable bonds is 50. The van der Waals surface area contributed by atoms with E-state index in [0.717, 1.165) is 83.5 Å². The maximum Gasteiger partial charge on any atom is 0.306 e. The van der Waals surface area contributed by atoms with Crippen molar-refractivity contribution >= 4 is 11.9 Å². The highest BCUT2D eigenvalue weighted by Gasteiger charge is 2.24. The van der Waals surface area contributed by atoms with Crippen LogP contribution in [0.15, 0.2) is 48.6 Å². The molecule has 0 aromatic heterocycles. The highest BCUT2D eigenvalue weighted by Crippen LogP contribution is 2.18. The molecule has 0 aromatic carbocycles. The molecule has 64 heavy (non-hydrogen) atoms. The van der Waals surface area contributed by atoms with Crippen molar-refractivity contribution in [3.8, 4) is 0 Å². The molecule has 0 aliphatic carbocycles. The molecular weight excluding hydrogens is 791 g/mol. The lowest BCUT2D eigenvalue weighted by molar-refractivity contribution is -0.151. The number of hydrogen-bond donors (Lipinski definition) is 3. The number of amides is 1. The van der Waals surface area contributed by atoms with Gasteiger partial charge in [-0.05, 0) is 77.0 Å². The molecule has 0 saturated heterocycles. The van der Waals surface area contributed by atoms with Crippen LogP contribution in [0.3, 0.4) is 0 Å². The highest BCUT2D eigenvalue weighted by molar-refractivity contribution is 5.77. The fraction of sp³-hybridized carbons (Fsp3) is 0.828. The molecule has 0 bridgehead atoms. The van der Waals surface area contributed by atoms with E-state index in [1.54, 1.807) is 0 Å². The second-order valence-electron chi connectivity index (χ2n) is 19.0. The predicted molar refractivity (Wildman–Crippen MR) is 278 cm³/mol. The molecule has 0 heterocycles. The molecule has 0 aliphatic rings. The van der Waals surface area contributed by atoms with E-state index in [2.05, 4.69) is 74.7 Å². The van der Waals surface area contributed by atoms with Gasteiger partial charge in [0, 0.05) is 6.42 Å². The predicted octanol–water partition coefficient (Wildman–Crippen LogP) is 17.0. The number of hydrogen-bond acceptors (Lipinski definition) is 5. The van der Waals surface area contributed by atoms with E-state index in [4.69, 9.17) is 4.74 Å². The van der Waals surface area contributed by atoms with Gasteiger partial charge in [-0.2, -0.15) is 0 Å². The van der Waals surface area contributed by atoms with E-state index >= 15 is 0 Å². The van der Waals surface area contributed by atoms with Crippen LogP contribution in [0.4, 0.5) is 0 Å². The zero-order chi connectivity index (χ0) is 46.7. The molecule has 6 heteroatoms. The molecule has 374 valence electrons. The number of allylic oxidation sites excluding steroid dienone is 8. The van der Waals surface area contributed by atoms with Gasteiger partial charge in [-0.25, -0.2) is 0 Å². The van der Waals surface area contributed by atoms with Crippen LogP contribution in [0, 0.1) is 0 Å². The molecule has 0 fully saturated rings. The van der Waals surface area contributed by atoms with Gasteiger partial charge in [-0.3, -0.25) is 9.59 Å². The summed E-state index contributed by atoms with van der Waals surface area (Å²) in [6, 6.07) is -0.710. The topological polar surface area (TPSA) is 95.9 Å². The summed E-state index contributed by atoms with van der Waals surface area (Å²) in [5.41, 5.74) is 0. The Labute approximate surface area is 397 Å². The summed E-state index contributed by atoms with van der Waals surface area (Å²) in [7, 11) is 0. The molecule has 0 rings (SSSR count). The molecule has 3 atom stereocenters. The summed E-state index contributed by atoms with van der Waals surface area (Å²) in [5.74, 6) is -0.504. The van der Waals surface area contributed by atoms with Crippen molar-refractivity contribution in [1.82, 2.24) is 5.32 Å². The zero-order valence-corrected chi connectivity index (χ0v) is 42.7. The first-order chi connectivity index (χ1) is 31.5. The lowest BCUT2D eigenvalue weighted by Gasteiger charge is -2.24. The van der Waals surface area contributed by atoms with Crippen molar-refractivity contribution in [1.29, 1.82) is 0 Å². The van der Waals surface area contributed by atoms with E-state index in [1.807, 2.05) is 0 Å². The Morgan fingerprint density at radius 3 is 1.25 bits per heavy atom. The summed E-state index contributed by atoms with van der Waals surface area (Å²) in [5, 5.41) is 23.8. The van der Waals surface area contributed by atoms with Crippen LogP contribution < -0.4 is 5.32 Å². The Kier molecular flexibility index (Phi) is 50.0. The van der Waals surface area contributed by atoms with Crippen LogP contribution >= 0.6 is 0 Å². The van der Waals surface area contributed by atoms with Crippen LogP contribution in [0.5, 0.6) is 0 Å². The number of carbonyl (C=O) groups is 2. The lowest BCUT2D eigenvalue weighted by Crippen LogP contribution is -2.46. The van der Waals surface area contributed by atoms with Crippen LogP contribution in [-0.2, 0) is 14.3 Å². The minimum Gasteiger partial charge on any atom is -0.462 e. The number of unbranched alkanes of at least 4 members (excludes halogenated alkanes) is 32. The maximum atomic E-state index is 13.2. The molecule has 6 nitrogen and oxygen atoms in total. The number of aliphatic hydroxyl groups is 2. The number of aliphatic hydroxyl groups excluding tert-OH is 2. The molecule has 3 N–H and O–H groups in total. The first-order valence-electron chi connectivity index (χ1n) is 27.9. The lowest BCUT2D eigenvalue weighted by atomic mass is 10.0. The van der Waals surface area contributed by atoms with Crippen LogP contribution in [0.1, 0.15) is 284 Å². The van der Waals surface area contributed by atoms with Gasteiger partial charge in [0.1, 0.15) is 6.10 Å². The smallest absolute Gasteiger partial charge is 0.306 e.